The molecule has 0 aliphatic carbocycles. The van der Waals surface area contributed by atoms with Gasteiger partial charge >= 0.3 is 0 Å². The van der Waals surface area contributed by atoms with Crippen LogP contribution >= 0.6 is 43.2 Å². The molecule has 0 radical (unpaired) electrons. The van der Waals surface area contributed by atoms with Crippen molar-refractivity contribution in [1.29, 1.82) is 0 Å². The molecule has 0 fully saturated rings. The SMILES string of the molecule is CCNCc1ccc(-c2ccc(Br)cc2Br)s1. The fourth-order valence-corrected chi connectivity index (χ4v) is 3.96. The average Bonchev–Trinajstić information content (AvgIpc) is 2.75. The zero-order valence-electron chi connectivity index (χ0n) is 9.47. The Balaban J connectivity index is 2.24. The third kappa shape index (κ3) is 3.41. The van der Waals surface area contributed by atoms with Gasteiger partial charge in [0.2, 0.25) is 0 Å². The van der Waals surface area contributed by atoms with Crippen LogP contribution in [-0.2, 0) is 6.54 Å². The van der Waals surface area contributed by atoms with Gasteiger partial charge in [0.1, 0.15) is 0 Å². The van der Waals surface area contributed by atoms with Crippen LogP contribution in [0.25, 0.3) is 10.4 Å². The van der Waals surface area contributed by atoms with E-state index in [0.717, 1.165) is 22.0 Å². The van der Waals surface area contributed by atoms with E-state index in [-0.39, 0.29) is 0 Å². The van der Waals surface area contributed by atoms with Crippen molar-refractivity contribution < 1.29 is 0 Å². The number of nitrogens with one attached hydrogen (secondary N) is 1. The summed E-state index contributed by atoms with van der Waals surface area (Å²) in [6.45, 7) is 4.09. The van der Waals surface area contributed by atoms with Crippen molar-refractivity contribution in [3.63, 3.8) is 0 Å². The summed E-state index contributed by atoms with van der Waals surface area (Å²) in [5.74, 6) is 0. The van der Waals surface area contributed by atoms with Crippen molar-refractivity contribution in [3.8, 4) is 10.4 Å². The maximum atomic E-state index is 3.61. The summed E-state index contributed by atoms with van der Waals surface area (Å²) in [7, 11) is 0. The molecule has 4 heteroatoms. The van der Waals surface area contributed by atoms with Gasteiger partial charge in [-0.3, -0.25) is 0 Å². The van der Waals surface area contributed by atoms with Crippen molar-refractivity contribution in [2.45, 2.75) is 13.5 Å². The number of halogens is 2. The Labute approximate surface area is 123 Å². The smallest absolute Gasteiger partial charge is 0.0357 e. The summed E-state index contributed by atoms with van der Waals surface area (Å²) < 4.78 is 2.22. The van der Waals surface area contributed by atoms with Gasteiger partial charge in [-0.05, 0) is 30.8 Å². The number of hydrogen-bond donors (Lipinski definition) is 1. The van der Waals surface area contributed by atoms with Gasteiger partial charge in [0.25, 0.3) is 0 Å². The Morgan fingerprint density at radius 1 is 1.18 bits per heavy atom. The molecule has 90 valence electrons. The van der Waals surface area contributed by atoms with Gasteiger partial charge in [-0.15, -0.1) is 11.3 Å². The van der Waals surface area contributed by atoms with Crippen LogP contribution in [0, 0.1) is 0 Å². The van der Waals surface area contributed by atoms with Crippen LogP contribution in [0.1, 0.15) is 11.8 Å². The minimum atomic E-state index is 0.954. The Kier molecular flexibility index (Phi) is 4.79. The van der Waals surface area contributed by atoms with Crippen LogP contribution < -0.4 is 5.32 Å². The highest BCUT2D eigenvalue weighted by atomic mass is 79.9. The maximum absolute atomic E-state index is 3.61. The van der Waals surface area contributed by atoms with Crippen molar-refractivity contribution in [2.75, 3.05) is 6.54 Å². The highest BCUT2D eigenvalue weighted by Gasteiger charge is 2.06. The molecule has 1 aromatic heterocycles. The second-order valence-corrected chi connectivity index (χ2v) is 6.61. The summed E-state index contributed by atoms with van der Waals surface area (Å²) in [5.41, 5.74) is 1.25. The Hall–Kier alpha value is -0.160. The highest BCUT2D eigenvalue weighted by molar-refractivity contribution is 9.11. The second kappa shape index (κ2) is 6.14. The van der Waals surface area contributed by atoms with Crippen molar-refractivity contribution in [2.24, 2.45) is 0 Å². The van der Waals surface area contributed by atoms with Crippen LogP contribution in [-0.4, -0.2) is 6.54 Å². The molecule has 17 heavy (non-hydrogen) atoms. The molecular formula is C13H13Br2NS. The van der Waals surface area contributed by atoms with E-state index in [1.165, 1.54) is 15.3 Å². The predicted molar refractivity (Wildman–Crippen MR) is 82.5 cm³/mol. The van der Waals surface area contributed by atoms with E-state index in [1.54, 1.807) is 0 Å². The Morgan fingerprint density at radius 2 is 2.00 bits per heavy atom. The van der Waals surface area contributed by atoms with Gasteiger partial charge in [-0.1, -0.05) is 44.8 Å². The zero-order valence-corrected chi connectivity index (χ0v) is 13.5. The predicted octanol–water partition coefficient (Wildman–Crippen LogP) is 5.05. The standard InChI is InChI=1S/C13H13Br2NS/c1-2-16-8-10-4-6-13(17-10)11-5-3-9(14)7-12(11)15/h3-7,16H,2,8H2,1H3. The first-order chi connectivity index (χ1) is 8.20. The molecule has 0 saturated carbocycles. The lowest BCUT2D eigenvalue weighted by Crippen LogP contribution is -2.10. The third-order valence-electron chi connectivity index (χ3n) is 2.41. The summed E-state index contributed by atoms with van der Waals surface area (Å²) in [5, 5.41) is 3.34. The molecule has 1 nitrogen and oxygen atoms in total. The van der Waals surface area contributed by atoms with Gasteiger partial charge in [-0.25, -0.2) is 0 Å². The topological polar surface area (TPSA) is 12.0 Å². The van der Waals surface area contributed by atoms with E-state index >= 15 is 0 Å². The fraction of sp³-hybridized carbons (Fsp3) is 0.231. The van der Waals surface area contributed by atoms with Crippen LogP contribution in [0.3, 0.4) is 0 Å². The normalized spacial score (nSPS) is 10.8. The molecule has 2 rings (SSSR count). The molecule has 0 atom stereocenters. The summed E-state index contributed by atoms with van der Waals surface area (Å²) in [4.78, 5) is 2.67. The maximum Gasteiger partial charge on any atom is 0.0357 e. The van der Waals surface area contributed by atoms with Crippen molar-refractivity contribution in [1.82, 2.24) is 5.32 Å². The molecule has 2 aromatic rings. The van der Waals surface area contributed by atoms with E-state index in [1.807, 2.05) is 11.3 Å². The van der Waals surface area contributed by atoms with Crippen LogP contribution in [0.4, 0.5) is 0 Å². The lowest BCUT2D eigenvalue weighted by Gasteiger charge is -2.02. The number of hydrogen-bond acceptors (Lipinski definition) is 2. The second-order valence-electron chi connectivity index (χ2n) is 3.67. The highest BCUT2D eigenvalue weighted by Crippen LogP contribution is 2.35. The van der Waals surface area contributed by atoms with E-state index < -0.39 is 0 Å². The Bertz CT molecular complexity index is 508. The van der Waals surface area contributed by atoms with Gasteiger partial charge in [0.15, 0.2) is 0 Å². The van der Waals surface area contributed by atoms with Gasteiger partial charge in [0, 0.05) is 30.8 Å². The molecule has 0 spiro atoms. The first-order valence-corrected chi connectivity index (χ1v) is 7.86. The van der Waals surface area contributed by atoms with Crippen molar-refractivity contribution >= 4 is 43.2 Å². The molecule has 0 unspecified atom stereocenters. The van der Waals surface area contributed by atoms with Crippen LogP contribution in [0.2, 0.25) is 0 Å². The quantitative estimate of drug-likeness (QED) is 0.789. The molecule has 1 aromatic carbocycles. The van der Waals surface area contributed by atoms with Gasteiger partial charge < -0.3 is 5.32 Å². The van der Waals surface area contributed by atoms with E-state index in [2.05, 4.69) is 74.4 Å². The lowest BCUT2D eigenvalue weighted by atomic mass is 10.2. The summed E-state index contributed by atoms with van der Waals surface area (Å²) in [6, 6.07) is 10.7. The molecule has 0 aliphatic rings. The van der Waals surface area contributed by atoms with Crippen LogP contribution in [0.5, 0.6) is 0 Å². The monoisotopic (exact) mass is 373 g/mol. The largest absolute Gasteiger partial charge is 0.312 e. The Morgan fingerprint density at radius 3 is 2.71 bits per heavy atom. The molecule has 0 amide bonds. The van der Waals surface area contributed by atoms with Gasteiger partial charge in [0.05, 0.1) is 0 Å². The summed E-state index contributed by atoms with van der Waals surface area (Å²) >= 11 is 8.92. The van der Waals surface area contributed by atoms with Gasteiger partial charge in [-0.2, -0.15) is 0 Å². The van der Waals surface area contributed by atoms with Crippen molar-refractivity contribution in [3.05, 3.63) is 44.2 Å². The number of benzene rings is 1. The fourth-order valence-electron chi connectivity index (χ4n) is 1.56. The molecule has 0 saturated heterocycles. The third-order valence-corrected chi connectivity index (χ3v) is 4.68. The number of rotatable bonds is 4. The number of thiophene rings is 1. The first kappa shape index (κ1) is 13.3. The van der Waals surface area contributed by atoms with E-state index in [0.29, 0.717) is 0 Å². The average molecular weight is 375 g/mol. The minimum Gasteiger partial charge on any atom is -0.312 e. The van der Waals surface area contributed by atoms with E-state index in [9.17, 15) is 0 Å². The lowest BCUT2D eigenvalue weighted by molar-refractivity contribution is 0.735. The summed E-state index contributed by atoms with van der Waals surface area (Å²) in [6.07, 6.45) is 0. The molecule has 0 aliphatic heterocycles. The first-order valence-electron chi connectivity index (χ1n) is 5.45. The minimum absolute atomic E-state index is 0.954. The molecular weight excluding hydrogens is 362 g/mol. The van der Waals surface area contributed by atoms with E-state index in [4.69, 9.17) is 0 Å². The molecule has 1 N–H and O–H groups in total. The van der Waals surface area contributed by atoms with Crippen LogP contribution in [0.15, 0.2) is 39.3 Å². The molecule has 1 heterocycles. The molecule has 0 bridgehead atoms. The zero-order chi connectivity index (χ0) is 12.3.